The Hall–Kier alpha value is -2.23. The summed E-state index contributed by atoms with van der Waals surface area (Å²) < 4.78 is 7.44. The van der Waals surface area contributed by atoms with Gasteiger partial charge >= 0.3 is 0 Å². The minimum atomic E-state index is -0.124. The van der Waals surface area contributed by atoms with E-state index in [1.807, 2.05) is 12.3 Å². The smallest absolute Gasteiger partial charge is 0.0974 e. The molecule has 0 aromatic carbocycles. The third-order valence-corrected chi connectivity index (χ3v) is 10.2. The summed E-state index contributed by atoms with van der Waals surface area (Å²) in [5.74, 6) is 0.969. The van der Waals surface area contributed by atoms with Crippen LogP contribution in [0.25, 0.3) is 0 Å². The zero-order valence-electron chi connectivity index (χ0n) is 22.9. The second-order valence-electron chi connectivity index (χ2n) is 12.3. The Morgan fingerprint density at radius 3 is 2.67 bits per heavy atom. The van der Waals surface area contributed by atoms with Gasteiger partial charge in [0.1, 0.15) is 0 Å². The topological polar surface area (TPSA) is 24.8 Å². The molecule has 0 aromatic heterocycles. The predicted molar refractivity (Wildman–Crippen MR) is 152 cm³/mol. The van der Waals surface area contributed by atoms with Crippen LogP contribution in [0, 0.1) is 17.3 Å². The van der Waals surface area contributed by atoms with Crippen LogP contribution in [0.15, 0.2) is 89.1 Å². The number of rotatable bonds is 7. The average Bonchev–Trinajstić information content (AvgIpc) is 3.36. The molecule has 2 aliphatic heterocycles. The van der Waals surface area contributed by atoms with Gasteiger partial charge in [0, 0.05) is 19.3 Å². The molecule has 3 fully saturated rings. The number of nitrogens with zero attached hydrogens (tertiary/aromatic N) is 2. The molecule has 0 amide bonds. The molecule has 2 heterocycles. The fourth-order valence-corrected chi connectivity index (χ4v) is 8.32. The molecule has 3 aliphatic carbocycles. The first-order valence-electron chi connectivity index (χ1n) is 13.8. The largest absolute Gasteiger partial charge is 0.359 e. The number of hydrogen-bond donors (Lipinski definition) is 0. The highest BCUT2D eigenvalue weighted by atomic mass is 16.5. The number of allylic oxidation sites excluding steroid dienone is 8. The van der Waals surface area contributed by atoms with Crippen molar-refractivity contribution < 1.29 is 4.74 Å². The van der Waals surface area contributed by atoms with E-state index in [2.05, 4.69) is 81.0 Å². The van der Waals surface area contributed by atoms with Crippen molar-refractivity contribution in [3.63, 3.8) is 0 Å². The maximum Gasteiger partial charge on any atom is 0.0974 e. The molecule has 6 atom stereocenters. The van der Waals surface area contributed by atoms with Gasteiger partial charge in [-0.2, -0.15) is 0 Å². The molecule has 0 N–H and O–H groups in total. The molecule has 1 saturated heterocycles. The van der Waals surface area contributed by atoms with Gasteiger partial charge in [0.15, 0.2) is 0 Å². The van der Waals surface area contributed by atoms with E-state index in [1.54, 1.807) is 12.6 Å². The Morgan fingerprint density at radius 1 is 1.14 bits per heavy atom. The van der Waals surface area contributed by atoms with E-state index in [1.165, 1.54) is 43.3 Å². The van der Waals surface area contributed by atoms with Gasteiger partial charge in [-0.05, 0) is 111 Å². The molecule has 36 heavy (non-hydrogen) atoms. The van der Waals surface area contributed by atoms with E-state index in [9.17, 15) is 0 Å². The Labute approximate surface area is 218 Å². The molecule has 5 rings (SSSR count). The van der Waals surface area contributed by atoms with Gasteiger partial charge in [0.05, 0.1) is 11.2 Å². The standard InChI is InChI=1S/C33H44N2O/c1-8-23(2)9-10-25(19-24(3)22-34-5)29-13-14-30-31(29,4)16-15-27-20-26-11-12-28(35(6)7)21-32(26)17-18-33(27,30)36-32/h8-10,15,19-20,22,28-30H,1-3,11-14,16-18,21H2,4-7H3/b10-9-,25-19+,34-22-/t28-,29+,30+,31+,32+,33+/m0/s1. The Morgan fingerprint density at radius 2 is 1.94 bits per heavy atom. The molecule has 192 valence electrons. The molecule has 0 radical (unpaired) electrons. The maximum atomic E-state index is 7.44. The van der Waals surface area contributed by atoms with Crippen molar-refractivity contribution in [2.24, 2.45) is 22.2 Å². The summed E-state index contributed by atoms with van der Waals surface area (Å²) in [7, 11) is 6.26. The minimum Gasteiger partial charge on any atom is -0.359 e. The van der Waals surface area contributed by atoms with Crippen LogP contribution in [-0.2, 0) is 4.74 Å². The third kappa shape index (κ3) is 3.90. The molecule has 2 spiro atoms. The minimum absolute atomic E-state index is 0.0486. The van der Waals surface area contributed by atoms with Gasteiger partial charge in [-0.3, -0.25) is 4.99 Å². The van der Waals surface area contributed by atoms with Gasteiger partial charge < -0.3 is 9.64 Å². The molecule has 5 aliphatic rings. The lowest BCUT2D eigenvalue weighted by molar-refractivity contribution is -0.140. The van der Waals surface area contributed by atoms with Crippen molar-refractivity contribution in [1.82, 2.24) is 4.90 Å². The van der Waals surface area contributed by atoms with Crippen LogP contribution < -0.4 is 0 Å². The fraction of sp³-hybridized carbons (Fsp3) is 0.545. The summed E-state index contributed by atoms with van der Waals surface area (Å²) in [4.78, 5) is 6.61. The lowest BCUT2D eigenvalue weighted by Crippen LogP contribution is -2.55. The van der Waals surface area contributed by atoms with Gasteiger partial charge in [0.25, 0.3) is 0 Å². The van der Waals surface area contributed by atoms with Crippen LogP contribution in [-0.4, -0.2) is 49.5 Å². The van der Waals surface area contributed by atoms with Gasteiger partial charge in [-0.1, -0.05) is 63.1 Å². The Kier molecular flexibility index (Phi) is 6.54. The first kappa shape index (κ1) is 25.4. The lowest BCUT2D eigenvalue weighted by atomic mass is 9.57. The molecule has 3 heteroatoms. The molecule has 3 nitrogen and oxygen atoms in total. The van der Waals surface area contributed by atoms with Gasteiger partial charge in [-0.15, -0.1) is 0 Å². The summed E-state index contributed by atoms with van der Waals surface area (Å²) in [5.41, 5.74) is 6.22. The number of ether oxygens (including phenoxy) is 1. The fourth-order valence-electron chi connectivity index (χ4n) is 8.32. The Bertz CT molecular complexity index is 1120. The second-order valence-corrected chi connectivity index (χ2v) is 12.3. The zero-order chi connectivity index (χ0) is 25.7. The quantitative estimate of drug-likeness (QED) is 0.283. The van der Waals surface area contributed by atoms with Gasteiger partial charge in [-0.25, -0.2) is 0 Å². The van der Waals surface area contributed by atoms with Crippen molar-refractivity contribution in [3.05, 3.63) is 84.1 Å². The first-order valence-corrected chi connectivity index (χ1v) is 13.8. The summed E-state index contributed by atoms with van der Waals surface area (Å²) >= 11 is 0. The monoisotopic (exact) mass is 484 g/mol. The summed E-state index contributed by atoms with van der Waals surface area (Å²) in [6.45, 7) is 14.8. The summed E-state index contributed by atoms with van der Waals surface area (Å²) in [5, 5.41) is 0. The number of aliphatic imine (C=N–C) groups is 1. The van der Waals surface area contributed by atoms with E-state index in [-0.39, 0.29) is 16.6 Å². The van der Waals surface area contributed by atoms with Crippen LogP contribution >= 0.6 is 0 Å². The highest BCUT2D eigenvalue weighted by Crippen LogP contribution is 2.68. The van der Waals surface area contributed by atoms with E-state index in [0.29, 0.717) is 17.9 Å². The molecular weight excluding hydrogens is 440 g/mol. The van der Waals surface area contributed by atoms with E-state index in [4.69, 9.17) is 4.74 Å². The first-order chi connectivity index (χ1) is 17.2. The van der Waals surface area contributed by atoms with Crippen LogP contribution in [0.5, 0.6) is 0 Å². The average molecular weight is 485 g/mol. The summed E-state index contributed by atoms with van der Waals surface area (Å²) in [6.07, 6.45) is 24.7. The van der Waals surface area contributed by atoms with Gasteiger partial charge in [0.2, 0.25) is 0 Å². The Balaban J connectivity index is 1.51. The van der Waals surface area contributed by atoms with Crippen LogP contribution in [0.2, 0.25) is 0 Å². The maximum absolute atomic E-state index is 7.44. The molecule has 2 saturated carbocycles. The number of hydrogen-bond acceptors (Lipinski definition) is 3. The van der Waals surface area contributed by atoms with Crippen LogP contribution in [0.1, 0.15) is 58.3 Å². The normalized spacial score (nSPS) is 39.6. The third-order valence-electron chi connectivity index (χ3n) is 10.2. The van der Waals surface area contributed by atoms with Crippen molar-refractivity contribution in [2.75, 3.05) is 21.1 Å². The van der Waals surface area contributed by atoms with E-state index in [0.717, 1.165) is 30.4 Å². The molecule has 0 unspecified atom stereocenters. The van der Waals surface area contributed by atoms with E-state index < -0.39 is 0 Å². The molecule has 2 bridgehead atoms. The lowest BCUT2D eigenvalue weighted by Gasteiger charge is -2.55. The van der Waals surface area contributed by atoms with Crippen LogP contribution in [0.4, 0.5) is 0 Å². The van der Waals surface area contributed by atoms with Crippen LogP contribution in [0.3, 0.4) is 0 Å². The predicted octanol–water partition coefficient (Wildman–Crippen LogP) is 7.17. The summed E-state index contributed by atoms with van der Waals surface area (Å²) in [6, 6.07) is 0.609. The van der Waals surface area contributed by atoms with Crippen molar-refractivity contribution in [2.45, 2.75) is 75.5 Å². The SMILES string of the molecule is C=CC(=C)/C=C\C(=C/C(=C)/C=N\C)[C@H]1CC[C@@H]2[C@]1(C)CC=C1C=C3CC[C@H](N(C)C)C[C@]34CC[C@@]12O4. The molecule has 0 aromatic rings. The zero-order valence-corrected chi connectivity index (χ0v) is 22.9. The molecular formula is C33H44N2O. The highest BCUT2D eigenvalue weighted by molar-refractivity contribution is 5.81. The van der Waals surface area contributed by atoms with Crippen molar-refractivity contribution in [3.8, 4) is 0 Å². The second kappa shape index (κ2) is 9.26. The number of fused-ring (bicyclic) bond motifs is 1. The van der Waals surface area contributed by atoms with Crippen molar-refractivity contribution in [1.29, 1.82) is 0 Å². The highest BCUT2D eigenvalue weighted by Gasteiger charge is 2.66. The van der Waals surface area contributed by atoms with E-state index >= 15 is 0 Å². The van der Waals surface area contributed by atoms with Crippen molar-refractivity contribution >= 4 is 6.21 Å².